The third kappa shape index (κ3) is 3.16. The first-order valence-corrected chi connectivity index (χ1v) is 7.07. The van der Waals surface area contributed by atoms with Gasteiger partial charge in [-0.1, -0.05) is 30.3 Å². The molecule has 0 spiro atoms. The largest absolute Gasteiger partial charge is 0.481 e. The van der Waals surface area contributed by atoms with E-state index in [9.17, 15) is 9.59 Å². The fraction of sp³-hybridized carbons (Fsp3) is 0.467. The van der Waals surface area contributed by atoms with Gasteiger partial charge in [-0.3, -0.25) is 4.79 Å². The Hall–Kier alpha value is -2.08. The zero-order valence-corrected chi connectivity index (χ0v) is 11.5. The van der Waals surface area contributed by atoms with E-state index in [1.54, 1.807) is 0 Å². The Morgan fingerprint density at radius 3 is 2.52 bits per heavy atom. The van der Waals surface area contributed by atoms with Crippen LogP contribution in [-0.4, -0.2) is 42.4 Å². The molecule has 1 saturated heterocycles. The predicted molar refractivity (Wildman–Crippen MR) is 75.0 cm³/mol. The molecule has 6 heteroatoms. The Morgan fingerprint density at radius 1 is 1.10 bits per heavy atom. The van der Waals surface area contributed by atoms with Crippen molar-refractivity contribution >= 4 is 12.0 Å². The topological polar surface area (TPSA) is 87.7 Å². The molecular weight excluding hydrogens is 272 g/mol. The number of ether oxygens (including phenoxy) is 1. The zero-order valence-electron chi connectivity index (χ0n) is 11.5. The summed E-state index contributed by atoms with van der Waals surface area (Å²) in [6.07, 6.45) is 0.918. The molecule has 1 aliphatic carbocycles. The Labute approximate surface area is 122 Å². The Morgan fingerprint density at radius 2 is 1.81 bits per heavy atom. The van der Waals surface area contributed by atoms with Crippen molar-refractivity contribution in [1.82, 2.24) is 10.6 Å². The highest BCUT2D eigenvalue weighted by Gasteiger charge is 2.41. The maximum Gasteiger partial charge on any atom is 0.315 e. The third-order valence-corrected chi connectivity index (χ3v) is 4.05. The predicted octanol–water partition coefficient (Wildman–Crippen LogP) is 0.941. The minimum absolute atomic E-state index is 0.123. The Kier molecular flexibility index (Phi) is 3.79. The SMILES string of the molecule is O=C(NC1COCC1C(=O)O)NC1CC1c1ccccc1. The monoisotopic (exact) mass is 290 g/mol. The molecule has 3 rings (SSSR count). The lowest BCUT2D eigenvalue weighted by Crippen LogP contribution is -2.47. The fourth-order valence-corrected chi connectivity index (χ4v) is 2.74. The summed E-state index contributed by atoms with van der Waals surface area (Å²) in [5.74, 6) is -1.25. The molecule has 4 unspecified atom stereocenters. The normalized spacial score (nSPS) is 30.7. The van der Waals surface area contributed by atoms with E-state index in [2.05, 4.69) is 22.8 Å². The molecule has 0 bridgehead atoms. The highest BCUT2D eigenvalue weighted by molar-refractivity contribution is 5.77. The molecule has 1 aromatic carbocycles. The molecule has 3 N–H and O–H groups in total. The van der Waals surface area contributed by atoms with Gasteiger partial charge >= 0.3 is 12.0 Å². The molecule has 1 aliphatic heterocycles. The number of carboxylic acid groups (broad SMARTS) is 1. The molecule has 2 fully saturated rings. The molecular formula is C15H18N2O4. The molecule has 4 atom stereocenters. The molecule has 2 aliphatic rings. The van der Waals surface area contributed by atoms with E-state index >= 15 is 0 Å². The summed E-state index contributed by atoms with van der Waals surface area (Å²) < 4.78 is 5.12. The molecule has 1 saturated carbocycles. The maximum atomic E-state index is 11.9. The van der Waals surface area contributed by atoms with Crippen molar-refractivity contribution in [3.8, 4) is 0 Å². The van der Waals surface area contributed by atoms with Gasteiger partial charge in [-0.05, 0) is 12.0 Å². The molecule has 6 nitrogen and oxygen atoms in total. The number of nitrogens with one attached hydrogen (secondary N) is 2. The number of hydrogen-bond donors (Lipinski definition) is 3. The van der Waals surface area contributed by atoms with Crippen LogP contribution >= 0.6 is 0 Å². The van der Waals surface area contributed by atoms with Crippen molar-refractivity contribution in [3.05, 3.63) is 35.9 Å². The van der Waals surface area contributed by atoms with Gasteiger partial charge in [-0.2, -0.15) is 0 Å². The van der Waals surface area contributed by atoms with Crippen molar-refractivity contribution in [2.24, 2.45) is 5.92 Å². The quantitative estimate of drug-likeness (QED) is 0.770. The van der Waals surface area contributed by atoms with Gasteiger partial charge in [0.05, 0.1) is 19.3 Å². The first-order valence-electron chi connectivity index (χ1n) is 7.07. The van der Waals surface area contributed by atoms with E-state index in [0.717, 1.165) is 6.42 Å². The minimum Gasteiger partial charge on any atom is -0.481 e. The van der Waals surface area contributed by atoms with Crippen molar-refractivity contribution in [3.63, 3.8) is 0 Å². The average molecular weight is 290 g/mol. The molecule has 2 amide bonds. The van der Waals surface area contributed by atoms with Crippen LogP contribution in [0.25, 0.3) is 0 Å². The number of rotatable bonds is 4. The third-order valence-electron chi connectivity index (χ3n) is 4.05. The van der Waals surface area contributed by atoms with Crippen LogP contribution in [0.1, 0.15) is 17.9 Å². The van der Waals surface area contributed by atoms with Crippen LogP contribution in [0.3, 0.4) is 0 Å². The number of hydrogen-bond acceptors (Lipinski definition) is 3. The average Bonchev–Trinajstić information content (AvgIpc) is 3.06. The van der Waals surface area contributed by atoms with Gasteiger partial charge in [0, 0.05) is 12.0 Å². The summed E-state index contributed by atoms with van der Waals surface area (Å²) in [7, 11) is 0. The first kappa shape index (κ1) is 13.9. The smallest absolute Gasteiger partial charge is 0.315 e. The summed E-state index contributed by atoms with van der Waals surface area (Å²) in [5, 5.41) is 14.6. The van der Waals surface area contributed by atoms with Crippen molar-refractivity contribution < 1.29 is 19.4 Å². The van der Waals surface area contributed by atoms with E-state index in [4.69, 9.17) is 9.84 Å². The molecule has 1 aromatic rings. The van der Waals surface area contributed by atoms with Crippen molar-refractivity contribution in [1.29, 1.82) is 0 Å². The van der Waals surface area contributed by atoms with Crippen LogP contribution in [0.5, 0.6) is 0 Å². The summed E-state index contributed by atoms with van der Waals surface area (Å²) in [6.45, 7) is 0.396. The Bertz CT molecular complexity index is 534. The van der Waals surface area contributed by atoms with Crippen LogP contribution in [-0.2, 0) is 9.53 Å². The van der Waals surface area contributed by atoms with Crippen LogP contribution in [0.15, 0.2) is 30.3 Å². The Balaban J connectivity index is 1.49. The van der Waals surface area contributed by atoms with E-state index in [1.807, 2.05) is 18.2 Å². The lowest BCUT2D eigenvalue weighted by molar-refractivity contribution is -0.142. The molecule has 1 heterocycles. The van der Waals surface area contributed by atoms with Crippen LogP contribution in [0, 0.1) is 5.92 Å². The minimum atomic E-state index is -0.939. The second kappa shape index (κ2) is 5.73. The molecule has 112 valence electrons. The van der Waals surface area contributed by atoms with E-state index in [1.165, 1.54) is 5.56 Å². The summed E-state index contributed by atoms with van der Waals surface area (Å²) in [5.41, 5.74) is 1.22. The summed E-state index contributed by atoms with van der Waals surface area (Å²) >= 11 is 0. The van der Waals surface area contributed by atoms with Gasteiger partial charge < -0.3 is 20.5 Å². The lowest BCUT2D eigenvalue weighted by Gasteiger charge is -2.16. The highest BCUT2D eigenvalue weighted by atomic mass is 16.5. The van der Waals surface area contributed by atoms with E-state index in [0.29, 0.717) is 5.92 Å². The van der Waals surface area contributed by atoms with Crippen LogP contribution in [0.2, 0.25) is 0 Å². The number of benzene rings is 1. The number of urea groups is 1. The number of aliphatic carboxylic acids is 1. The van der Waals surface area contributed by atoms with Crippen LogP contribution in [0.4, 0.5) is 4.79 Å². The van der Waals surface area contributed by atoms with Gasteiger partial charge in [-0.15, -0.1) is 0 Å². The molecule has 0 radical (unpaired) electrons. The highest BCUT2D eigenvalue weighted by Crippen LogP contribution is 2.40. The molecule has 0 aromatic heterocycles. The standard InChI is InChI=1S/C15H18N2O4/c18-14(19)11-7-21-8-13(11)17-15(20)16-12-6-10(12)9-4-2-1-3-5-9/h1-5,10-13H,6-8H2,(H,18,19)(H2,16,17,20). The summed E-state index contributed by atoms with van der Waals surface area (Å²) in [6, 6.07) is 9.38. The van der Waals surface area contributed by atoms with Gasteiger partial charge in [0.2, 0.25) is 0 Å². The second-order valence-corrected chi connectivity index (χ2v) is 5.57. The lowest BCUT2D eigenvalue weighted by atomic mass is 10.0. The second-order valence-electron chi connectivity index (χ2n) is 5.57. The fourth-order valence-electron chi connectivity index (χ4n) is 2.74. The summed E-state index contributed by atoms with van der Waals surface area (Å²) in [4.78, 5) is 22.9. The van der Waals surface area contributed by atoms with Gasteiger partial charge in [-0.25, -0.2) is 4.79 Å². The molecule has 21 heavy (non-hydrogen) atoms. The van der Waals surface area contributed by atoms with E-state index in [-0.39, 0.29) is 25.3 Å². The van der Waals surface area contributed by atoms with Gasteiger partial charge in [0.25, 0.3) is 0 Å². The maximum absolute atomic E-state index is 11.9. The number of carboxylic acids is 1. The number of amides is 2. The number of carbonyl (C=O) groups excluding carboxylic acids is 1. The van der Waals surface area contributed by atoms with Gasteiger partial charge in [0.1, 0.15) is 5.92 Å². The van der Waals surface area contributed by atoms with Crippen molar-refractivity contribution in [2.75, 3.05) is 13.2 Å². The number of carbonyl (C=O) groups is 2. The van der Waals surface area contributed by atoms with Crippen molar-refractivity contribution in [2.45, 2.75) is 24.4 Å². The van der Waals surface area contributed by atoms with Crippen LogP contribution < -0.4 is 10.6 Å². The zero-order chi connectivity index (χ0) is 14.8. The van der Waals surface area contributed by atoms with E-state index < -0.39 is 17.9 Å². The first-order chi connectivity index (χ1) is 10.1. The van der Waals surface area contributed by atoms with Gasteiger partial charge in [0.15, 0.2) is 0 Å².